The molecule has 0 spiro atoms. The Morgan fingerprint density at radius 1 is 1.09 bits per heavy atom. The maximum atomic E-state index is 13.5. The predicted molar refractivity (Wildman–Crippen MR) is 80.0 cm³/mol. The summed E-state index contributed by atoms with van der Waals surface area (Å²) in [6, 6.07) is 12.5. The Bertz CT molecular complexity index is 668. The Labute approximate surface area is 127 Å². The highest BCUT2D eigenvalue weighted by molar-refractivity contribution is 5.94. The fourth-order valence-electron chi connectivity index (χ4n) is 1.90. The van der Waals surface area contributed by atoms with Gasteiger partial charge in [-0.05, 0) is 36.8 Å². The molecule has 2 rings (SSSR count). The highest BCUT2D eigenvalue weighted by atomic mass is 19.1. The smallest absolute Gasteiger partial charge is 0.338 e. The van der Waals surface area contributed by atoms with Crippen LogP contribution in [0.25, 0.3) is 0 Å². The topological polar surface area (TPSA) is 55.4 Å². The van der Waals surface area contributed by atoms with E-state index in [1.54, 1.807) is 37.3 Å². The van der Waals surface area contributed by atoms with Crippen LogP contribution >= 0.6 is 0 Å². The Morgan fingerprint density at radius 3 is 2.41 bits per heavy atom. The van der Waals surface area contributed by atoms with Gasteiger partial charge in [0.15, 0.2) is 0 Å². The van der Waals surface area contributed by atoms with Crippen molar-refractivity contribution in [2.45, 2.75) is 13.5 Å². The molecule has 0 radical (unpaired) electrons. The van der Waals surface area contributed by atoms with Gasteiger partial charge in [0.1, 0.15) is 5.82 Å². The lowest BCUT2D eigenvalue weighted by Gasteiger charge is -2.07. The van der Waals surface area contributed by atoms with Gasteiger partial charge < -0.3 is 10.1 Å². The molecule has 0 saturated heterocycles. The normalized spacial score (nSPS) is 10.1. The van der Waals surface area contributed by atoms with Gasteiger partial charge in [-0.2, -0.15) is 0 Å². The van der Waals surface area contributed by atoms with E-state index in [9.17, 15) is 14.0 Å². The third-order valence-electron chi connectivity index (χ3n) is 3.04. The summed E-state index contributed by atoms with van der Waals surface area (Å²) in [4.78, 5) is 23.4. The summed E-state index contributed by atoms with van der Waals surface area (Å²) in [7, 11) is 0. The van der Waals surface area contributed by atoms with Crippen molar-refractivity contribution in [3.63, 3.8) is 0 Å². The van der Waals surface area contributed by atoms with Crippen LogP contribution in [0.4, 0.5) is 4.39 Å². The SMILES string of the molecule is CCOC(=O)c1ccc(CNC(=O)c2ccccc2F)cc1. The van der Waals surface area contributed by atoms with Crippen molar-refractivity contribution in [3.05, 3.63) is 71.0 Å². The molecule has 0 aliphatic rings. The van der Waals surface area contributed by atoms with Crippen LogP contribution in [0, 0.1) is 5.82 Å². The summed E-state index contributed by atoms with van der Waals surface area (Å²) < 4.78 is 18.4. The van der Waals surface area contributed by atoms with Gasteiger partial charge in [0, 0.05) is 6.54 Å². The first-order valence-electron chi connectivity index (χ1n) is 6.90. The van der Waals surface area contributed by atoms with E-state index in [1.165, 1.54) is 18.2 Å². The molecule has 0 atom stereocenters. The second kappa shape index (κ2) is 7.36. The number of hydrogen-bond acceptors (Lipinski definition) is 3. The number of carbonyl (C=O) groups is 2. The lowest BCUT2D eigenvalue weighted by Crippen LogP contribution is -2.23. The van der Waals surface area contributed by atoms with E-state index in [-0.39, 0.29) is 18.1 Å². The van der Waals surface area contributed by atoms with Crippen LogP contribution in [0.1, 0.15) is 33.2 Å². The minimum atomic E-state index is -0.558. The molecule has 0 bridgehead atoms. The molecule has 0 aliphatic carbocycles. The van der Waals surface area contributed by atoms with Crippen molar-refractivity contribution >= 4 is 11.9 Å². The number of ether oxygens (including phenoxy) is 1. The van der Waals surface area contributed by atoms with Crippen molar-refractivity contribution in [2.24, 2.45) is 0 Å². The number of carbonyl (C=O) groups excluding carboxylic acids is 2. The van der Waals surface area contributed by atoms with E-state index in [0.29, 0.717) is 12.2 Å². The summed E-state index contributed by atoms with van der Waals surface area (Å²) in [5, 5.41) is 2.63. The third-order valence-corrected chi connectivity index (χ3v) is 3.04. The molecule has 0 saturated carbocycles. The molecule has 0 heterocycles. The van der Waals surface area contributed by atoms with Crippen molar-refractivity contribution in [2.75, 3.05) is 6.61 Å². The van der Waals surface area contributed by atoms with Gasteiger partial charge in [0.25, 0.3) is 5.91 Å². The second-order valence-corrected chi connectivity index (χ2v) is 4.58. The Balaban J connectivity index is 1.96. The molecule has 1 amide bonds. The first-order valence-corrected chi connectivity index (χ1v) is 6.90. The molecule has 0 fully saturated rings. The lowest BCUT2D eigenvalue weighted by molar-refractivity contribution is 0.0526. The highest BCUT2D eigenvalue weighted by Gasteiger charge is 2.10. The predicted octanol–water partition coefficient (Wildman–Crippen LogP) is 2.93. The molecule has 2 aromatic rings. The van der Waals surface area contributed by atoms with Crippen LogP contribution < -0.4 is 5.32 Å². The molecule has 2 aromatic carbocycles. The summed E-state index contributed by atoms with van der Waals surface area (Å²) >= 11 is 0. The van der Waals surface area contributed by atoms with Crippen molar-refractivity contribution in [1.82, 2.24) is 5.32 Å². The van der Waals surface area contributed by atoms with Crippen molar-refractivity contribution < 1.29 is 18.7 Å². The monoisotopic (exact) mass is 301 g/mol. The number of rotatable bonds is 5. The standard InChI is InChI=1S/C17H16FNO3/c1-2-22-17(21)13-9-7-12(8-10-13)11-19-16(20)14-5-3-4-6-15(14)18/h3-10H,2,11H2,1H3,(H,19,20). The number of esters is 1. The van der Waals surface area contributed by atoms with Crippen LogP contribution in [0.2, 0.25) is 0 Å². The third kappa shape index (κ3) is 3.91. The van der Waals surface area contributed by atoms with Crippen LogP contribution in [-0.4, -0.2) is 18.5 Å². The maximum Gasteiger partial charge on any atom is 0.338 e. The fourth-order valence-corrected chi connectivity index (χ4v) is 1.90. The van der Waals surface area contributed by atoms with E-state index < -0.39 is 11.7 Å². The van der Waals surface area contributed by atoms with Crippen molar-refractivity contribution in [1.29, 1.82) is 0 Å². The molecule has 4 nitrogen and oxygen atoms in total. The van der Waals surface area contributed by atoms with Gasteiger partial charge in [-0.25, -0.2) is 9.18 Å². The zero-order chi connectivity index (χ0) is 15.9. The summed E-state index contributed by atoms with van der Waals surface area (Å²) in [6.07, 6.45) is 0. The van der Waals surface area contributed by atoms with Gasteiger partial charge in [-0.3, -0.25) is 4.79 Å². The number of amides is 1. The number of halogens is 1. The highest BCUT2D eigenvalue weighted by Crippen LogP contribution is 2.08. The molecule has 0 aliphatic heterocycles. The zero-order valence-electron chi connectivity index (χ0n) is 12.1. The molecule has 1 N–H and O–H groups in total. The van der Waals surface area contributed by atoms with E-state index in [4.69, 9.17) is 4.74 Å². The molecule has 114 valence electrons. The largest absolute Gasteiger partial charge is 0.462 e. The minimum absolute atomic E-state index is 0.00523. The van der Waals surface area contributed by atoms with E-state index in [0.717, 1.165) is 5.56 Å². The van der Waals surface area contributed by atoms with Crippen LogP contribution in [0.15, 0.2) is 48.5 Å². The lowest BCUT2D eigenvalue weighted by atomic mass is 10.1. The average molecular weight is 301 g/mol. The average Bonchev–Trinajstić information content (AvgIpc) is 2.54. The van der Waals surface area contributed by atoms with E-state index >= 15 is 0 Å². The van der Waals surface area contributed by atoms with Crippen LogP contribution in [0.3, 0.4) is 0 Å². The van der Waals surface area contributed by atoms with Gasteiger partial charge >= 0.3 is 5.97 Å². The molecular formula is C17H16FNO3. The van der Waals surface area contributed by atoms with Crippen LogP contribution in [-0.2, 0) is 11.3 Å². The van der Waals surface area contributed by atoms with E-state index in [1.807, 2.05) is 0 Å². The van der Waals surface area contributed by atoms with Gasteiger partial charge in [-0.1, -0.05) is 24.3 Å². The van der Waals surface area contributed by atoms with Gasteiger partial charge in [0.2, 0.25) is 0 Å². The van der Waals surface area contributed by atoms with E-state index in [2.05, 4.69) is 5.32 Å². The molecule has 0 aromatic heterocycles. The fraction of sp³-hybridized carbons (Fsp3) is 0.176. The molecule has 0 unspecified atom stereocenters. The molecule has 5 heteroatoms. The number of nitrogens with one attached hydrogen (secondary N) is 1. The first-order chi connectivity index (χ1) is 10.6. The first kappa shape index (κ1) is 15.7. The van der Waals surface area contributed by atoms with Crippen LogP contribution in [0.5, 0.6) is 0 Å². The maximum absolute atomic E-state index is 13.5. The molecular weight excluding hydrogens is 285 g/mol. The second-order valence-electron chi connectivity index (χ2n) is 4.58. The van der Waals surface area contributed by atoms with Gasteiger partial charge in [0.05, 0.1) is 17.7 Å². The Morgan fingerprint density at radius 2 is 1.77 bits per heavy atom. The zero-order valence-corrected chi connectivity index (χ0v) is 12.1. The quantitative estimate of drug-likeness (QED) is 0.864. The number of benzene rings is 2. The summed E-state index contributed by atoms with van der Waals surface area (Å²) in [6.45, 7) is 2.31. The Kier molecular flexibility index (Phi) is 5.25. The Hall–Kier alpha value is -2.69. The number of hydrogen-bond donors (Lipinski definition) is 1. The molecule has 22 heavy (non-hydrogen) atoms. The van der Waals surface area contributed by atoms with Crippen molar-refractivity contribution in [3.8, 4) is 0 Å². The minimum Gasteiger partial charge on any atom is -0.462 e. The van der Waals surface area contributed by atoms with Gasteiger partial charge in [-0.15, -0.1) is 0 Å². The summed E-state index contributed by atoms with van der Waals surface area (Å²) in [5.41, 5.74) is 1.26. The summed E-state index contributed by atoms with van der Waals surface area (Å²) in [5.74, 6) is -1.42.